The second-order valence-corrected chi connectivity index (χ2v) is 4.42. The quantitative estimate of drug-likeness (QED) is 0.702. The Balaban J connectivity index is 1.99. The van der Waals surface area contributed by atoms with Gasteiger partial charge in [-0.2, -0.15) is 0 Å². The van der Waals surface area contributed by atoms with E-state index in [-0.39, 0.29) is 0 Å². The van der Waals surface area contributed by atoms with E-state index in [9.17, 15) is 5.11 Å². The maximum atomic E-state index is 10.3. The predicted molar refractivity (Wildman–Crippen MR) is 64.7 cm³/mol. The Morgan fingerprint density at radius 1 is 1.47 bits per heavy atom. The average molecular weight is 238 g/mol. The van der Waals surface area contributed by atoms with Crippen molar-refractivity contribution in [3.63, 3.8) is 0 Å². The molecule has 1 fully saturated rings. The van der Waals surface area contributed by atoms with Crippen LogP contribution in [0.4, 0.5) is 11.6 Å². The van der Waals surface area contributed by atoms with Crippen molar-refractivity contribution < 1.29 is 9.84 Å². The van der Waals surface area contributed by atoms with Crippen molar-refractivity contribution in [1.29, 1.82) is 0 Å². The summed E-state index contributed by atoms with van der Waals surface area (Å²) in [4.78, 5) is 8.01. The number of hydrogen-bond donors (Lipinski definition) is 3. The summed E-state index contributed by atoms with van der Waals surface area (Å²) >= 11 is 0. The summed E-state index contributed by atoms with van der Waals surface area (Å²) in [6.07, 6.45) is 2.69. The minimum Gasteiger partial charge on any atom is -0.388 e. The number of aromatic nitrogens is 2. The number of hydrogen-bond acceptors (Lipinski definition) is 6. The molecule has 0 radical (unpaired) electrons. The largest absolute Gasteiger partial charge is 0.388 e. The van der Waals surface area contributed by atoms with Crippen molar-refractivity contribution in [3.8, 4) is 0 Å². The van der Waals surface area contributed by atoms with Gasteiger partial charge < -0.3 is 20.9 Å². The SMILES string of the molecule is Cc1c(N)ncnc1NCC1(O)CCOCC1. The van der Waals surface area contributed by atoms with Crippen LogP contribution < -0.4 is 11.1 Å². The zero-order valence-corrected chi connectivity index (χ0v) is 9.94. The fourth-order valence-corrected chi connectivity index (χ4v) is 1.82. The smallest absolute Gasteiger partial charge is 0.134 e. The molecular formula is C11H18N4O2. The zero-order chi connectivity index (χ0) is 12.3. The van der Waals surface area contributed by atoms with E-state index in [4.69, 9.17) is 10.5 Å². The second kappa shape index (κ2) is 4.85. The van der Waals surface area contributed by atoms with E-state index in [0.717, 1.165) is 5.56 Å². The molecular weight excluding hydrogens is 220 g/mol. The van der Waals surface area contributed by atoms with E-state index in [1.165, 1.54) is 6.33 Å². The number of nitrogens with zero attached hydrogens (tertiary/aromatic N) is 2. The molecule has 0 amide bonds. The van der Waals surface area contributed by atoms with Gasteiger partial charge in [-0.25, -0.2) is 9.97 Å². The number of ether oxygens (including phenoxy) is 1. The van der Waals surface area contributed by atoms with Gasteiger partial charge in [0.1, 0.15) is 18.0 Å². The van der Waals surface area contributed by atoms with E-state index in [0.29, 0.717) is 44.2 Å². The van der Waals surface area contributed by atoms with Crippen LogP contribution in [0.5, 0.6) is 0 Å². The average Bonchev–Trinajstić information content (AvgIpc) is 2.32. The van der Waals surface area contributed by atoms with Crippen LogP contribution in [0.3, 0.4) is 0 Å². The van der Waals surface area contributed by atoms with Crippen molar-refractivity contribution in [3.05, 3.63) is 11.9 Å². The lowest BCUT2D eigenvalue weighted by molar-refractivity contribution is -0.0543. The lowest BCUT2D eigenvalue weighted by Gasteiger charge is -2.32. The molecule has 0 saturated carbocycles. The predicted octanol–water partition coefficient (Wildman–Crippen LogP) is 0.321. The van der Waals surface area contributed by atoms with Crippen LogP contribution in [0.1, 0.15) is 18.4 Å². The molecule has 0 aliphatic carbocycles. The number of nitrogens with two attached hydrogens (primary N) is 1. The minimum atomic E-state index is -0.718. The lowest BCUT2D eigenvalue weighted by Crippen LogP contribution is -2.42. The zero-order valence-electron chi connectivity index (χ0n) is 9.94. The van der Waals surface area contributed by atoms with Crippen molar-refractivity contribution in [2.45, 2.75) is 25.4 Å². The summed E-state index contributed by atoms with van der Waals surface area (Å²) < 4.78 is 5.23. The molecule has 0 unspecified atom stereocenters. The number of anilines is 2. The Hall–Kier alpha value is -1.40. The van der Waals surface area contributed by atoms with Gasteiger partial charge in [-0.05, 0) is 6.92 Å². The van der Waals surface area contributed by atoms with Crippen LogP contribution in [0.2, 0.25) is 0 Å². The van der Waals surface area contributed by atoms with Gasteiger partial charge in [-0.15, -0.1) is 0 Å². The third kappa shape index (κ3) is 2.83. The molecule has 1 aromatic rings. The van der Waals surface area contributed by atoms with Gasteiger partial charge in [-0.3, -0.25) is 0 Å². The molecule has 1 saturated heterocycles. The summed E-state index contributed by atoms with van der Waals surface area (Å²) in [6, 6.07) is 0. The van der Waals surface area contributed by atoms with Crippen molar-refractivity contribution in [2.24, 2.45) is 0 Å². The number of nitrogen functional groups attached to an aromatic ring is 1. The first-order chi connectivity index (χ1) is 8.11. The van der Waals surface area contributed by atoms with Crippen LogP contribution in [0.25, 0.3) is 0 Å². The minimum absolute atomic E-state index is 0.452. The molecule has 1 aromatic heterocycles. The molecule has 6 nitrogen and oxygen atoms in total. The highest BCUT2D eigenvalue weighted by atomic mass is 16.5. The van der Waals surface area contributed by atoms with Crippen LogP contribution in [0.15, 0.2) is 6.33 Å². The maximum Gasteiger partial charge on any atom is 0.134 e. The molecule has 2 heterocycles. The van der Waals surface area contributed by atoms with Gasteiger partial charge in [-0.1, -0.05) is 0 Å². The van der Waals surface area contributed by atoms with E-state index in [2.05, 4.69) is 15.3 Å². The van der Waals surface area contributed by atoms with Crippen molar-refractivity contribution in [2.75, 3.05) is 30.8 Å². The van der Waals surface area contributed by atoms with E-state index >= 15 is 0 Å². The summed E-state index contributed by atoms with van der Waals surface area (Å²) in [6.45, 7) is 3.51. The monoisotopic (exact) mass is 238 g/mol. The van der Waals surface area contributed by atoms with Gasteiger partial charge in [0, 0.05) is 38.2 Å². The Bertz CT molecular complexity index is 391. The van der Waals surface area contributed by atoms with Gasteiger partial charge in [0.05, 0.1) is 5.60 Å². The van der Waals surface area contributed by atoms with Crippen LogP contribution in [0, 0.1) is 6.92 Å². The highest BCUT2D eigenvalue weighted by Crippen LogP contribution is 2.22. The first-order valence-corrected chi connectivity index (χ1v) is 5.72. The summed E-state index contributed by atoms with van der Waals surface area (Å²) in [7, 11) is 0. The fraction of sp³-hybridized carbons (Fsp3) is 0.636. The second-order valence-electron chi connectivity index (χ2n) is 4.42. The Kier molecular flexibility index (Phi) is 3.44. The van der Waals surface area contributed by atoms with E-state index in [1.54, 1.807) is 0 Å². The molecule has 94 valence electrons. The van der Waals surface area contributed by atoms with Gasteiger partial charge in [0.25, 0.3) is 0 Å². The first kappa shape index (κ1) is 12.1. The Morgan fingerprint density at radius 2 is 2.18 bits per heavy atom. The third-order valence-corrected chi connectivity index (χ3v) is 3.13. The standard InChI is InChI=1S/C11H18N4O2/c1-8-9(12)14-7-15-10(8)13-6-11(16)2-4-17-5-3-11/h7,16H,2-6H2,1H3,(H3,12,13,14,15). The highest BCUT2D eigenvalue weighted by molar-refractivity contribution is 5.53. The summed E-state index contributed by atoms with van der Waals surface area (Å²) in [5, 5.41) is 13.4. The molecule has 0 bridgehead atoms. The highest BCUT2D eigenvalue weighted by Gasteiger charge is 2.29. The Morgan fingerprint density at radius 3 is 2.88 bits per heavy atom. The normalized spacial score (nSPS) is 18.9. The van der Waals surface area contributed by atoms with E-state index < -0.39 is 5.60 Å². The fourth-order valence-electron chi connectivity index (χ4n) is 1.82. The molecule has 1 aliphatic heterocycles. The lowest BCUT2D eigenvalue weighted by atomic mass is 9.94. The molecule has 6 heteroatoms. The van der Waals surface area contributed by atoms with Gasteiger partial charge in [0.15, 0.2) is 0 Å². The van der Waals surface area contributed by atoms with Gasteiger partial charge in [0.2, 0.25) is 0 Å². The molecule has 0 spiro atoms. The molecule has 17 heavy (non-hydrogen) atoms. The molecule has 2 rings (SSSR count). The number of aliphatic hydroxyl groups is 1. The molecule has 0 atom stereocenters. The van der Waals surface area contributed by atoms with Gasteiger partial charge >= 0.3 is 0 Å². The molecule has 4 N–H and O–H groups in total. The number of nitrogens with one attached hydrogen (secondary N) is 1. The number of rotatable bonds is 3. The molecule has 0 aromatic carbocycles. The molecule has 1 aliphatic rings. The van der Waals surface area contributed by atoms with Crippen LogP contribution in [-0.4, -0.2) is 40.4 Å². The van der Waals surface area contributed by atoms with Crippen molar-refractivity contribution >= 4 is 11.6 Å². The van der Waals surface area contributed by atoms with Crippen LogP contribution >= 0.6 is 0 Å². The Labute approximate surface area is 100 Å². The summed E-state index contributed by atoms with van der Waals surface area (Å²) in [5.74, 6) is 1.14. The topological polar surface area (TPSA) is 93.3 Å². The van der Waals surface area contributed by atoms with E-state index in [1.807, 2.05) is 6.92 Å². The third-order valence-electron chi connectivity index (χ3n) is 3.13. The van der Waals surface area contributed by atoms with Crippen LogP contribution in [-0.2, 0) is 4.74 Å². The van der Waals surface area contributed by atoms with Crippen molar-refractivity contribution in [1.82, 2.24) is 9.97 Å². The first-order valence-electron chi connectivity index (χ1n) is 5.72. The maximum absolute atomic E-state index is 10.3. The summed E-state index contributed by atoms with van der Waals surface area (Å²) in [5.41, 5.74) is 5.78.